The summed E-state index contributed by atoms with van der Waals surface area (Å²) in [6.45, 7) is -0.0830. The van der Waals surface area contributed by atoms with E-state index < -0.39 is 54.7 Å². The molecule has 0 aromatic heterocycles. The largest absolute Gasteiger partial charge is 0.389 e. The van der Waals surface area contributed by atoms with Crippen molar-refractivity contribution in [3.63, 3.8) is 0 Å². The molecule has 250 valence electrons. The van der Waals surface area contributed by atoms with Crippen molar-refractivity contribution in [1.82, 2.24) is 20.4 Å². The maximum absolute atomic E-state index is 13.8. The summed E-state index contributed by atoms with van der Waals surface area (Å²) >= 11 is 0. The average Bonchev–Trinajstić information content (AvgIpc) is 3.06. The van der Waals surface area contributed by atoms with Gasteiger partial charge in [0.2, 0.25) is 17.7 Å². The van der Waals surface area contributed by atoms with Crippen LogP contribution in [-0.2, 0) is 20.8 Å². The second kappa shape index (κ2) is 20.3. The predicted octanol–water partition coefficient (Wildman–Crippen LogP) is 2.12. The SMILES string of the molecule is C#CCC(O)C(O)C(CC1CCCCC1)NC(=O)C(NC(=O)C(CC(=O)N(C)CCN(C)CF)Cc1ccccc1)C(C#C)C#C. The molecule has 0 spiro atoms. The molecule has 2 rings (SSSR count). The van der Waals surface area contributed by atoms with Crippen LogP contribution < -0.4 is 10.6 Å². The topological polar surface area (TPSA) is 122 Å². The number of aliphatic hydroxyl groups excluding tert-OH is 2. The van der Waals surface area contributed by atoms with E-state index in [1.165, 1.54) is 9.80 Å². The minimum absolute atomic E-state index is 0.108. The molecule has 46 heavy (non-hydrogen) atoms. The summed E-state index contributed by atoms with van der Waals surface area (Å²) in [5, 5.41) is 27.0. The monoisotopic (exact) mass is 636 g/mol. The Balaban J connectivity index is 2.31. The van der Waals surface area contributed by atoms with Gasteiger partial charge in [-0.1, -0.05) is 74.3 Å². The highest BCUT2D eigenvalue weighted by atomic mass is 19.1. The highest BCUT2D eigenvalue weighted by Crippen LogP contribution is 2.29. The molecular formula is C36H49FN4O5. The first-order chi connectivity index (χ1) is 22.0. The van der Waals surface area contributed by atoms with Crippen LogP contribution >= 0.6 is 0 Å². The fourth-order valence-electron chi connectivity index (χ4n) is 5.69. The summed E-state index contributed by atoms with van der Waals surface area (Å²) in [5.41, 5.74) is 0.805. The molecular weight excluding hydrogens is 587 g/mol. The maximum Gasteiger partial charge on any atom is 0.245 e. The van der Waals surface area contributed by atoms with Crippen molar-refractivity contribution in [1.29, 1.82) is 0 Å². The van der Waals surface area contributed by atoms with E-state index in [2.05, 4.69) is 28.4 Å². The Morgan fingerprint density at radius 3 is 2.22 bits per heavy atom. The lowest BCUT2D eigenvalue weighted by atomic mass is 9.82. The molecule has 0 saturated heterocycles. The molecule has 5 unspecified atom stereocenters. The summed E-state index contributed by atoms with van der Waals surface area (Å²) in [7, 11) is 3.18. The first-order valence-corrected chi connectivity index (χ1v) is 15.9. The normalized spacial score (nSPS) is 16.6. The van der Waals surface area contributed by atoms with Crippen LogP contribution in [0.4, 0.5) is 4.39 Å². The number of carbonyl (C=O) groups excluding carboxylic acids is 3. The van der Waals surface area contributed by atoms with E-state index in [4.69, 9.17) is 19.3 Å². The van der Waals surface area contributed by atoms with Gasteiger partial charge in [0.05, 0.1) is 18.1 Å². The molecule has 0 bridgehead atoms. The Morgan fingerprint density at radius 2 is 1.63 bits per heavy atom. The van der Waals surface area contributed by atoms with Gasteiger partial charge >= 0.3 is 0 Å². The van der Waals surface area contributed by atoms with Crippen LogP contribution in [0.3, 0.4) is 0 Å². The number of carbonyl (C=O) groups is 3. The van der Waals surface area contributed by atoms with Crippen molar-refractivity contribution in [2.75, 3.05) is 34.0 Å². The number of hydrogen-bond acceptors (Lipinski definition) is 6. The second-order valence-electron chi connectivity index (χ2n) is 12.2. The van der Waals surface area contributed by atoms with E-state index in [0.717, 1.165) is 37.7 Å². The molecule has 10 heteroatoms. The third kappa shape index (κ3) is 12.5. The number of aliphatic hydroxyl groups is 2. The van der Waals surface area contributed by atoms with Crippen molar-refractivity contribution < 1.29 is 29.0 Å². The summed E-state index contributed by atoms with van der Waals surface area (Å²) < 4.78 is 12.9. The van der Waals surface area contributed by atoms with Gasteiger partial charge in [0.15, 0.2) is 0 Å². The number of halogens is 1. The number of benzene rings is 1. The molecule has 0 radical (unpaired) electrons. The lowest BCUT2D eigenvalue weighted by Crippen LogP contribution is -2.57. The number of nitrogens with one attached hydrogen (secondary N) is 2. The third-order valence-electron chi connectivity index (χ3n) is 8.61. The van der Waals surface area contributed by atoms with E-state index in [1.54, 1.807) is 14.1 Å². The molecule has 0 heterocycles. The van der Waals surface area contributed by atoms with E-state index in [0.29, 0.717) is 13.0 Å². The van der Waals surface area contributed by atoms with E-state index in [9.17, 15) is 29.0 Å². The smallest absolute Gasteiger partial charge is 0.245 e. The Bertz CT molecular complexity index is 1220. The van der Waals surface area contributed by atoms with Crippen LogP contribution in [0.2, 0.25) is 0 Å². The van der Waals surface area contributed by atoms with Gasteiger partial charge < -0.3 is 25.7 Å². The van der Waals surface area contributed by atoms with Crippen molar-refractivity contribution in [3.05, 3.63) is 35.9 Å². The third-order valence-corrected chi connectivity index (χ3v) is 8.61. The van der Waals surface area contributed by atoms with Crippen molar-refractivity contribution in [2.45, 2.75) is 82.1 Å². The summed E-state index contributed by atoms with van der Waals surface area (Å²) in [6.07, 6.45) is 19.5. The first kappa shape index (κ1) is 38.3. The quantitative estimate of drug-likeness (QED) is 0.145. The number of rotatable bonds is 18. The van der Waals surface area contributed by atoms with Gasteiger partial charge in [0.1, 0.15) is 24.9 Å². The van der Waals surface area contributed by atoms with Crippen LogP contribution in [0.5, 0.6) is 0 Å². The van der Waals surface area contributed by atoms with Crippen LogP contribution in [0.15, 0.2) is 30.3 Å². The number of hydrogen-bond donors (Lipinski definition) is 4. The van der Waals surface area contributed by atoms with Gasteiger partial charge in [-0.25, -0.2) is 4.39 Å². The van der Waals surface area contributed by atoms with E-state index >= 15 is 0 Å². The number of likely N-dealkylation sites (N-methyl/N-ethyl adjacent to an activating group) is 2. The zero-order chi connectivity index (χ0) is 34.1. The summed E-state index contributed by atoms with van der Waals surface area (Å²) in [5.74, 6) is 3.67. The van der Waals surface area contributed by atoms with Crippen molar-refractivity contribution >= 4 is 17.7 Å². The zero-order valence-electron chi connectivity index (χ0n) is 27.0. The second-order valence-corrected chi connectivity index (χ2v) is 12.2. The standard InChI is InChI=1S/C36H49FN4O5/c1-6-15-31(42)34(44)30(23-27-18-13-10-14-19-27)38-36(46)33(28(7-2)8-3)39-35(45)29(22-26-16-11-9-12-17-26)24-32(43)41(5)21-20-40(4)25-37/h1-3,9,11-12,16-17,27-31,33-34,42,44H,10,13-15,18-25H2,4-5H3,(H,38,46)(H,39,45). The van der Waals surface area contributed by atoms with Crippen LogP contribution in [0.25, 0.3) is 0 Å². The molecule has 1 aromatic rings. The molecule has 1 fully saturated rings. The molecule has 3 amide bonds. The van der Waals surface area contributed by atoms with Gasteiger partial charge in [-0.15, -0.1) is 25.2 Å². The maximum atomic E-state index is 13.8. The number of alkyl halides is 1. The Labute approximate surface area is 273 Å². The van der Waals surface area contributed by atoms with Gasteiger partial charge in [-0.2, -0.15) is 0 Å². The molecule has 0 aliphatic heterocycles. The fraction of sp³-hybridized carbons (Fsp3) is 0.583. The molecule has 4 N–H and O–H groups in total. The van der Waals surface area contributed by atoms with Gasteiger partial charge in [-0.3, -0.25) is 19.3 Å². The molecule has 9 nitrogen and oxygen atoms in total. The highest BCUT2D eigenvalue weighted by molar-refractivity contribution is 5.91. The highest BCUT2D eigenvalue weighted by Gasteiger charge is 2.36. The van der Waals surface area contributed by atoms with Gasteiger partial charge in [0, 0.05) is 33.0 Å². The minimum Gasteiger partial charge on any atom is -0.389 e. The minimum atomic E-state index is -1.38. The van der Waals surface area contributed by atoms with Gasteiger partial charge in [-0.05, 0) is 31.4 Å². The zero-order valence-corrected chi connectivity index (χ0v) is 27.0. The van der Waals surface area contributed by atoms with Crippen LogP contribution in [-0.4, -0.2) is 96.0 Å². The van der Waals surface area contributed by atoms with Crippen LogP contribution in [0.1, 0.15) is 56.9 Å². The van der Waals surface area contributed by atoms with Gasteiger partial charge in [0.25, 0.3) is 0 Å². The fourth-order valence-corrected chi connectivity index (χ4v) is 5.69. The summed E-state index contributed by atoms with van der Waals surface area (Å²) in [4.78, 5) is 43.7. The van der Waals surface area contributed by atoms with Crippen molar-refractivity contribution in [3.8, 4) is 37.0 Å². The van der Waals surface area contributed by atoms with E-state index in [1.807, 2.05) is 30.3 Å². The lowest BCUT2D eigenvalue weighted by Gasteiger charge is -2.33. The number of amides is 3. The van der Waals surface area contributed by atoms with Crippen molar-refractivity contribution in [2.24, 2.45) is 17.8 Å². The van der Waals surface area contributed by atoms with Crippen LogP contribution in [0, 0.1) is 54.8 Å². The molecule has 5 atom stereocenters. The Morgan fingerprint density at radius 1 is 0.978 bits per heavy atom. The Kier molecular flexibility index (Phi) is 16.9. The average molecular weight is 637 g/mol. The predicted molar refractivity (Wildman–Crippen MR) is 176 cm³/mol. The number of nitrogens with zero attached hydrogens (tertiary/aromatic N) is 2. The summed E-state index contributed by atoms with van der Waals surface area (Å²) in [6, 6.07) is 6.90. The molecule has 1 aliphatic rings. The molecule has 1 aliphatic carbocycles. The first-order valence-electron chi connectivity index (χ1n) is 15.9. The molecule has 1 saturated carbocycles. The molecule has 1 aromatic carbocycles. The lowest BCUT2D eigenvalue weighted by molar-refractivity contribution is -0.137. The number of terminal acetylenes is 3. The van der Waals surface area contributed by atoms with E-state index in [-0.39, 0.29) is 37.6 Å². The Hall–Kier alpha value is -3.88.